The van der Waals surface area contributed by atoms with E-state index < -0.39 is 28.1 Å². The zero-order chi connectivity index (χ0) is 35.1. The Balaban J connectivity index is 1.34. The van der Waals surface area contributed by atoms with E-state index in [1.165, 1.54) is 12.1 Å². The fourth-order valence-corrected chi connectivity index (χ4v) is 7.74. The third-order valence-corrected chi connectivity index (χ3v) is 10.1. The fraction of sp³-hybridized carbons (Fsp3) is 0. The molecule has 0 amide bonds. The molecule has 0 saturated carbocycles. The Bertz CT molecular complexity index is 3320. The van der Waals surface area contributed by atoms with Crippen LogP contribution in [0.4, 0.5) is 38.0 Å². The average Bonchev–Trinajstić information content (AvgIpc) is 3.87. The zero-order valence-electron chi connectivity index (χ0n) is 26.3. The van der Waals surface area contributed by atoms with Crippen molar-refractivity contribution < 1.29 is 17.2 Å². The summed E-state index contributed by atoms with van der Waals surface area (Å²) in [5.41, 5.74) is 1.87. The van der Waals surface area contributed by atoms with Crippen LogP contribution in [-0.4, -0.2) is 43.3 Å². The Morgan fingerprint density at radius 1 is 0.462 bits per heavy atom. The van der Waals surface area contributed by atoms with Crippen LogP contribution < -0.4 is 26.7 Å². The average molecular weight is 711 g/mol. The van der Waals surface area contributed by atoms with E-state index >= 15 is 0 Å². The second-order valence-electron chi connectivity index (χ2n) is 11.9. The molecule has 0 aliphatic carbocycles. The van der Waals surface area contributed by atoms with Crippen molar-refractivity contribution in [2.45, 2.75) is 4.90 Å². The third-order valence-electron chi connectivity index (χ3n) is 8.77. The minimum atomic E-state index is -4.58. The first-order valence-corrected chi connectivity index (χ1v) is 17.2. The highest BCUT2D eigenvalue weighted by Crippen LogP contribution is 2.39. The van der Waals surface area contributed by atoms with Crippen LogP contribution in [0, 0.1) is 12.2 Å². The SMILES string of the molecule is O=S(=O)(Nc1nc(F)nc(F)n1)c1cccc2c3[nH]c(c12)N=c1[nH]c(c2ccccc12)=Nc1[nH]c(c2ccccc12)N=c1[nH]c(c2ccccc12)=N3. The number of fused-ring (bicyclic) bond motifs is 20. The predicted octanol–water partition coefficient (Wildman–Crippen LogP) is 4.99. The van der Waals surface area contributed by atoms with Gasteiger partial charge in [0, 0.05) is 43.1 Å². The molecule has 4 aromatic carbocycles. The summed E-state index contributed by atoms with van der Waals surface area (Å²) in [4.78, 5) is 42.4. The number of hydrogen-bond donors (Lipinski definition) is 5. The molecule has 0 unspecified atom stereocenters. The van der Waals surface area contributed by atoms with Gasteiger partial charge < -0.3 is 19.9 Å². The molecule has 6 heterocycles. The molecule has 8 bridgehead atoms. The molecule has 0 atom stereocenters. The summed E-state index contributed by atoms with van der Waals surface area (Å²) in [6, 6.07) is 27.5. The third kappa shape index (κ3) is 4.67. The van der Waals surface area contributed by atoms with E-state index in [0.29, 0.717) is 44.4 Å². The number of anilines is 1. The Labute approximate surface area is 288 Å². The number of nitrogens with one attached hydrogen (secondary N) is 5. The van der Waals surface area contributed by atoms with Gasteiger partial charge in [-0.25, -0.2) is 33.1 Å². The Morgan fingerprint density at radius 2 is 0.865 bits per heavy atom. The van der Waals surface area contributed by atoms with Gasteiger partial charge in [-0.2, -0.15) is 23.7 Å². The van der Waals surface area contributed by atoms with Crippen LogP contribution in [-0.2, 0) is 10.0 Å². The maximum atomic E-state index is 13.9. The van der Waals surface area contributed by atoms with E-state index in [1.807, 2.05) is 72.8 Å². The lowest BCUT2D eigenvalue weighted by Crippen LogP contribution is -2.17. The molecule has 0 spiro atoms. The molecule has 9 aromatic rings. The van der Waals surface area contributed by atoms with Gasteiger partial charge in [-0.15, -0.1) is 0 Å². The van der Waals surface area contributed by atoms with Gasteiger partial charge >= 0.3 is 12.2 Å². The van der Waals surface area contributed by atoms with Crippen molar-refractivity contribution in [2.24, 2.45) is 20.0 Å². The minimum Gasteiger partial charge on any atom is -0.324 e. The van der Waals surface area contributed by atoms with Crippen LogP contribution in [0.1, 0.15) is 0 Å². The number of sulfonamides is 1. The van der Waals surface area contributed by atoms with Crippen LogP contribution in [0.2, 0.25) is 0 Å². The van der Waals surface area contributed by atoms with Crippen molar-refractivity contribution in [3.8, 4) is 0 Å². The number of aromatic nitrogens is 7. The van der Waals surface area contributed by atoms with Crippen LogP contribution in [0.5, 0.6) is 0 Å². The van der Waals surface area contributed by atoms with Crippen LogP contribution in [0.25, 0.3) is 43.1 Å². The summed E-state index contributed by atoms with van der Waals surface area (Å²) in [6.07, 6.45) is -2.98. The van der Waals surface area contributed by atoms with E-state index in [-0.39, 0.29) is 21.9 Å². The van der Waals surface area contributed by atoms with E-state index in [4.69, 9.17) is 20.0 Å². The largest absolute Gasteiger partial charge is 0.324 e. The molecule has 17 heteroatoms. The summed E-state index contributed by atoms with van der Waals surface area (Å²) in [5, 5.41) is 5.28. The van der Waals surface area contributed by atoms with Gasteiger partial charge in [-0.1, -0.05) is 84.9 Å². The second kappa shape index (κ2) is 10.9. The molecule has 0 fully saturated rings. The summed E-state index contributed by atoms with van der Waals surface area (Å²) < 4.78 is 57.5. The lowest BCUT2D eigenvalue weighted by atomic mass is 10.2. The summed E-state index contributed by atoms with van der Waals surface area (Å²) in [6.45, 7) is 0. The van der Waals surface area contributed by atoms with E-state index in [9.17, 15) is 17.2 Å². The maximum Gasteiger partial charge on any atom is 0.315 e. The van der Waals surface area contributed by atoms with Crippen molar-refractivity contribution in [1.29, 1.82) is 0 Å². The molecule has 10 rings (SSSR count). The summed E-state index contributed by atoms with van der Waals surface area (Å²) in [7, 11) is -4.58. The van der Waals surface area contributed by atoms with Gasteiger partial charge in [0.25, 0.3) is 10.0 Å². The van der Waals surface area contributed by atoms with Crippen molar-refractivity contribution in [3.05, 3.63) is 125 Å². The smallest absolute Gasteiger partial charge is 0.315 e. The standard InChI is InChI=1S/C35H20F2N12O2S/c36-33-46-34(37)48-35(47-33)49-52(50,51)23-15-7-14-22-24(23)32-44-30-21-13-6-5-12-20(21)28(42-30)40-26-17-9-2-1-8-16(17)25(38-26)39-27-18-10-3-4-11-19(18)29(41-27)43-31(22)45-32/h1-15H,(H,46,47,48,49)(H4,38,39,40,41,42,43,44,45). The molecule has 1 aliphatic rings. The van der Waals surface area contributed by atoms with Crippen molar-refractivity contribution >= 4 is 82.3 Å². The molecule has 1 aliphatic heterocycles. The molecule has 0 saturated heterocycles. The van der Waals surface area contributed by atoms with Gasteiger partial charge in [-0.3, -0.25) is 0 Å². The van der Waals surface area contributed by atoms with Crippen molar-refractivity contribution in [3.63, 3.8) is 0 Å². The normalized spacial score (nSPS) is 12.8. The zero-order valence-corrected chi connectivity index (χ0v) is 27.1. The monoisotopic (exact) mass is 710 g/mol. The summed E-state index contributed by atoms with van der Waals surface area (Å²) >= 11 is 0. The van der Waals surface area contributed by atoms with E-state index in [2.05, 4.69) is 39.6 Å². The second-order valence-corrected chi connectivity index (χ2v) is 13.5. The molecular weight excluding hydrogens is 691 g/mol. The van der Waals surface area contributed by atoms with Crippen LogP contribution >= 0.6 is 0 Å². The van der Waals surface area contributed by atoms with Crippen LogP contribution in [0.3, 0.4) is 0 Å². The lowest BCUT2D eigenvalue weighted by molar-refractivity contribution is 0.458. The number of nitrogens with zero attached hydrogens (tertiary/aromatic N) is 7. The number of aromatic amines is 4. The number of H-pyrrole nitrogens is 4. The quantitative estimate of drug-likeness (QED) is 0.172. The molecule has 0 radical (unpaired) electrons. The molecule has 14 nitrogen and oxygen atoms in total. The molecule has 52 heavy (non-hydrogen) atoms. The maximum absolute atomic E-state index is 13.9. The van der Waals surface area contributed by atoms with Crippen LogP contribution in [0.15, 0.2) is 116 Å². The van der Waals surface area contributed by atoms with Gasteiger partial charge in [0.05, 0.1) is 4.90 Å². The van der Waals surface area contributed by atoms with Gasteiger partial charge in [-0.05, 0) is 6.07 Å². The topological polar surface area (TPSA) is 197 Å². The highest BCUT2D eigenvalue weighted by Gasteiger charge is 2.25. The summed E-state index contributed by atoms with van der Waals surface area (Å²) in [5.74, 6) is 0.735. The Morgan fingerprint density at radius 3 is 1.37 bits per heavy atom. The lowest BCUT2D eigenvalue weighted by Gasteiger charge is -2.08. The molecule has 252 valence electrons. The molecular formula is C35H20F2N12O2S. The van der Waals surface area contributed by atoms with Crippen molar-refractivity contribution in [1.82, 2.24) is 34.9 Å². The highest BCUT2D eigenvalue weighted by atomic mass is 32.2. The van der Waals surface area contributed by atoms with E-state index in [1.54, 1.807) is 6.07 Å². The number of benzene rings is 4. The molecule has 5 N–H and O–H groups in total. The van der Waals surface area contributed by atoms with Gasteiger partial charge in [0.15, 0.2) is 0 Å². The Hall–Kier alpha value is -7.14. The first-order valence-electron chi connectivity index (χ1n) is 15.7. The fourth-order valence-electron chi connectivity index (χ4n) is 6.56. The number of halogens is 2. The Kier molecular flexibility index (Phi) is 6.25. The van der Waals surface area contributed by atoms with Crippen molar-refractivity contribution in [2.75, 3.05) is 4.72 Å². The highest BCUT2D eigenvalue weighted by molar-refractivity contribution is 7.93. The van der Waals surface area contributed by atoms with Gasteiger partial charge in [0.2, 0.25) is 5.95 Å². The minimum absolute atomic E-state index is 0.127. The first-order chi connectivity index (χ1) is 25.3. The van der Waals surface area contributed by atoms with E-state index in [0.717, 1.165) is 26.9 Å². The predicted molar refractivity (Wildman–Crippen MR) is 187 cm³/mol. The number of rotatable bonds is 3. The first kappa shape index (κ1) is 29.7. The van der Waals surface area contributed by atoms with Gasteiger partial charge in [0.1, 0.15) is 45.2 Å². The molecule has 5 aromatic heterocycles. The number of hydrogen-bond acceptors (Lipinski definition) is 9.